The van der Waals surface area contributed by atoms with Crippen LogP contribution in [0.15, 0.2) is 47.4 Å². The summed E-state index contributed by atoms with van der Waals surface area (Å²) in [6.45, 7) is 1.59. The maximum atomic E-state index is 13.0. The van der Waals surface area contributed by atoms with E-state index in [0.29, 0.717) is 17.0 Å². The molecule has 140 valence electrons. The Labute approximate surface area is 159 Å². The number of rotatable bonds is 5. The number of hydroxylamine groups is 1. The first-order chi connectivity index (χ1) is 12.9. The van der Waals surface area contributed by atoms with E-state index in [1.54, 1.807) is 6.07 Å². The number of carbonyl (C=O) groups excluding carboxylic acids is 2. The van der Waals surface area contributed by atoms with Crippen LogP contribution in [0.3, 0.4) is 0 Å². The summed E-state index contributed by atoms with van der Waals surface area (Å²) in [7, 11) is 0. The molecule has 0 saturated carbocycles. The molecule has 1 aliphatic heterocycles. The van der Waals surface area contributed by atoms with Gasteiger partial charge in [-0.1, -0.05) is 29.8 Å². The van der Waals surface area contributed by atoms with E-state index in [4.69, 9.17) is 5.21 Å². The zero-order valence-electron chi connectivity index (χ0n) is 14.5. The van der Waals surface area contributed by atoms with Crippen molar-refractivity contribution in [2.45, 2.75) is 23.5 Å². The van der Waals surface area contributed by atoms with Crippen molar-refractivity contribution in [2.75, 3.05) is 11.4 Å². The van der Waals surface area contributed by atoms with Gasteiger partial charge in [-0.05, 0) is 37.1 Å². The fourth-order valence-corrected chi connectivity index (χ4v) is 4.11. The molecule has 1 heterocycles. The Morgan fingerprint density at radius 1 is 1.19 bits per heavy atom. The Morgan fingerprint density at radius 3 is 2.52 bits per heavy atom. The maximum Gasteiger partial charge on any atom is 0.335 e. The number of amides is 2. The molecule has 0 aliphatic carbocycles. The number of nitrogens with zero attached hydrogens (tertiary/aromatic N) is 1. The Balaban J connectivity index is 1.95. The molecule has 2 aromatic rings. The number of carbonyl (C=O) groups is 3. The lowest BCUT2D eigenvalue weighted by molar-refractivity contribution is -0.129. The SMILES string of the molecule is Cc1ccc(CC2Sc3ccc(C(=O)O)cc3N(CC(=O)NO)C2=O)cc1. The van der Waals surface area contributed by atoms with Crippen LogP contribution in [-0.2, 0) is 16.0 Å². The lowest BCUT2D eigenvalue weighted by Gasteiger charge is -2.33. The molecular formula is C19H18N2O5S. The molecule has 0 aromatic heterocycles. The van der Waals surface area contributed by atoms with Crippen LogP contribution in [0.4, 0.5) is 5.69 Å². The topological polar surface area (TPSA) is 107 Å². The van der Waals surface area contributed by atoms with Crippen LogP contribution in [0.1, 0.15) is 21.5 Å². The van der Waals surface area contributed by atoms with Crippen molar-refractivity contribution in [3.05, 3.63) is 59.2 Å². The summed E-state index contributed by atoms with van der Waals surface area (Å²) in [6, 6.07) is 12.3. The predicted molar refractivity (Wildman–Crippen MR) is 100 cm³/mol. The van der Waals surface area contributed by atoms with E-state index >= 15 is 0 Å². The molecule has 2 amide bonds. The number of thioether (sulfide) groups is 1. The van der Waals surface area contributed by atoms with Gasteiger partial charge in [0.2, 0.25) is 5.91 Å². The molecule has 7 nitrogen and oxygen atoms in total. The molecule has 3 rings (SSSR count). The first kappa shape index (κ1) is 18.9. The molecular weight excluding hydrogens is 368 g/mol. The number of anilines is 1. The van der Waals surface area contributed by atoms with E-state index in [0.717, 1.165) is 11.1 Å². The van der Waals surface area contributed by atoms with Gasteiger partial charge < -0.3 is 10.0 Å². The first-order valence-electron chi connectivity index (χ1n) is 8.23. The highest BCUT2D eigenvalue weighted by Gasteiger charge is 2.35. The number of benzene rings is 2. The van der Waals surface area contributed by atoms with Gasteiger partial charge in [-0.2, -0.15) is 0 Å². The smallest absolute Gasteiger partial charge is 0.335 e. The summed E-state index contributed by atoms with van der Waals surface area (Å²) in [6.07, 6.45) is 0.473. The van der Waals surface area contributed by atoms with E-state index in [1.165, 1.54) is 34.3 Å². The lowest BCUT2D eigenvalue weighted by atomic mass is 10.1. The van der Waals surface area contributed by atoms with Gasteiger partial charge in [-0.3, -0.25) is 14.8 Å². The van der Waals surface area contributed by atoms with Crippen LogP contribution >= 0.6 is 11.8 Å². The summed E-state index contributed by atoms with van der Waals surface area (Å²) >= 11 is 1.34. The molecule has 0 spiro atoms. The van der Waals surface area contributed by atoms with Gasteiger partial charge in [-0.15, -0.1) is 11.8 Å². The lowest BCUT2D eigenvalue weighted by Crippen LogP contribution is -2.46. The summed E-state index contributed by atoms with van der Waals surface area (Å²) in [5.41, 5.74) is 4.00. The zero-order chi connectivity index (χ0) is 19.6. The fraction of sp³-hybridized carbons (Fsp3) is 0.211. The Kier molecular flexibility index (Phi) is 5.48. The minimum Gasteiger partial charge on any atom is -0.478 e. The van der Waals surface area contributed by atoms with E-state index in [-0.39, 0.29) is 11.5 Å². The minimum atomic E-state index is -1.12. The second-order valence-electron chi connectivity index (χ2n) is 6.24. The highest BCUT2D eigenvalue weighted by molar-refractivity contribution is 8.01. The predicted octanol–water partition coefficient (Wildman–Crippen LogP) is 2.25. The van der Waals surface area contributed by atoms with Crippen LogP contribution in [0.25, 0.3) is 0 Å². The van der Waals surface area contributed by atoms with Crippen LogP contribution < -0.4 is 10.4 Å². The van der Waals surface area contributed by atoms with Crippen molar-refractivity contribution < 1.29 is 24.7 Å². The summed E-state index contributed by atoms with van der Waals surface area (Å²) in [5.74, 6) is -2.18. The van der Waals surface area contributed by atoms with Crippen molar-refractivity contribution >= 4 is 35.2 Å². The molecule has 8 heteroatoms. The number of carboxylic acids is 1. The van der Waals surface area contributed by atoms with Crippen molar-refractivity contribution in [1.82, 2.24) is 5.48 Å². The Bertz CT molecular complexity index is 897. The van der Waals surface area contributed by atoms with Gasteiger partial charge in [-0.25, -0.2) is 10.3 Å². The standard InChI is InChI=1S/C19H18N2O5S/c1-11-2-4-12(5-3-11)8-16-18(23)21(10-17(22)20-26)14-9-13(19(24)25)6-7-15(14)27-16/h2-7,9,16,26H,8,10H2,1H3,(H,20,22)(H,24,25). The third kappa shape index (κ3) is 4.12. The molecule has 0 radical (unpaired) electrons. The Hall–Kier alpha value is -2.84. The van der Waals surface area contributed by atoms with Gasteiger partial charge in [0, 0.05) is 4.90 Å². The zero-order valence-corrected chi connectivity index (χ0v) is 15.3. The molecule has 27 heavy (non-hydrogen) atoms. The highest BCUT2D eigenvalue weighted by atomic mass is 32.2. The molecule has 0 bridgehead atoms. The number of hydrogen-bond acceptors (Lipinski definition) is 5. The van der Waals surface area contributed by atoms with Gasteiger partial charge >= 0.3 is 5.97 Å². The molecule has 0 saturated heterocycles. The first-order valence-corrected chi connectivity index (χ1v) is 9.11. The minimum absolute atomic E-state index is 0.0218. The highest BCUT2D eigenvalue weighted by Crippen LogP contribution is 2.40. The molecule has 1 atom stereocenters. The van der Waals surface area contributed by atoms with Crippen LogP contribution in [0.2, 0.25) is 0 Å². The van der Waals surface area contributed by atoms with Crippen LogP contribution in [0.5, 0.6) is 0 Å². The summed E-state index contributed by atoms with van der Waals surface area (Å²) in [4.78, 5) is 37.9. The summed E-state index contributed by atoms with van der Waals surface area (Å²) in [5, 5.41) is 17.6. The number of carboxylic acid groups (broad SMARTS) is 1. The molecule has 3 N–H and O–H groups in total. The second kappa shape index (κ2) is 7.81. The molecule has 2 aromatic carbocycles. The molecule has 1 aliphatic rings. The van der Waals surface area contributed by atoms with Gasteiger partial charge in [0.25, 0.3) is 5.91 Å². The van der Waals surface area contributed by atoms with E-state index in [2.05, 4.69) is 0 Å². The van der Waals surface area contributed by atoms with E-state index in [9.17, 15) is 19.5 Å². The number of fused-ring (bicyclic) bond motifs is 1. The molecule has 0 fully saturated rings. The number of nitrogens with one attached hydrogen (secondary N) is 1. The quantitative estimate of drug-likeness (QED) is 0.537. The van der Waals surface area contributed by atoms with Crippen molar-refractivity contribution in [3.63, 3.8) is 0 Å². The molecule has 1 unspecified atom stereocenters. The van der Waals surface area contributed by atoms with Crippen molar-refractivity contribution in [3.8, 4) is 0 Å². The van der Waals surface area contributed by atoms with E-state index < -0.39 is 23.7 Å². The average molecular weight is 386 g/mol. The average Bonchev–Trinajstić information content (AvgIpc) is 2.66. The Morgan fingerprint density at radius 2 is 1.89 bits per heavy atom. The number of aromatic carboxylic acids is 1. The summed E-state index contributed by atoms with van der Waals surface area (Å²) < 4.78 is 0. The van der Waals surface area contributed by atoms with Crippen LogP contribution in [-0.4, -0.2) is 39.9 Å². The monoisotopic (exact) mass is 386 g/mol. The third-order valence-electron chi connectivity index (χ3n) is 4.28. The third-order valence-corrected chi connectivity index (χ3v) is 5.53. The number of hydrogen-bond donors (Lipinski definition) is 3. The van der Waals surface area contributed by atoms with Gasteiger partial charge in [0.05, 0.1) is 16.5 Å². The maximum absolute atomic E-state index is 13.0. The normalized spacial score (nSPS) is 16.0. The fourth-order valence-electron chi connectivity index (χ4n) is 2.87. The largest absolute Gasteiger partial charge is 0.478 e. The second-order valence-corrected chi connectivity index (χ2v) is 7.49. The van der Waals surface area contributed by atoms with Crippen molar-refractivity contribution in [2.24, 2.45) is 0 Å². The van der Waals surface area contributed by atoms with Gasteiger partial charge in [0.15, 0.2) is 0 Å². The van der Waals surface area contributed by atoms with Crippen molar-refractivity contribution in [1.29, 1.82) is 0 Å². The van der Waals surface area contributed by atoms with Gasteiger partial charge in [0.1, 0.15) is 6.54 Å². The number of aryl methyl sites for hydroxylation is 1. The van der Waals surface area contributed by atoms with Crippen LogP contribution in [0, 0.1) is 6.92 Å². The van der Waals surface area contributed by atoms with E-state index in [1.807, 2.05) is 31.2 Å².